The molecule has 1 unspecified atom stereocenters. The van der Waals surface area contributed by atoms with Gasteiger partial charge in [-0.1, -0.05) is 19.1 Å². The van der Waals surface area contributed by atoms with Crippen molar-refractivity contribution in [2.24, 2.45) is 5.92 Å². The summed E-state index contributed by atoms with van der Waals surface area (Å²) in [5, 5.41) is 2.81. The lowest BCUT2D eigenvalue weighted by Gasteiger charge is -2.31. The van der Waals surface area contributed by atoms with Crippen molar-refractivity contribution in [3.63, 3.8) is 0 Å². The van der Waals surface area contributed by atoms with Crippen LogP contribution in [0.15, 0.2) is 30.3 Å². The van der Waals surface area contributed by atoms with E-state index in [0.29, 0.717) is 17.7 Å². The molecule has 1 N–H and O–H groups in total. The molecule has 7 heteroatoms. The SMILES string of the molecule is Cc1cc(Nc2ccccc2C(F)(F)F)nc(N2CCCC(C)C2)n1. The van der Waals surface area contributed by atoms with E-state index in [1.165, 1.54) is 18.6 Å². The average molecular weight is 350 g/mol. The predicted molar refractivity (Wildman–Crippen MR) is 92.1 cm³/mol. The molecule has 134 valence electrons. The molecule has 1 atom stereocenters. The summed E-state index contributed by atoms with van der Waals surface area (Å²) in [6, 6.07) is 7.06. The fourth-order valence-electron chi connectivity index (χ4n) is 3.11. The number of para-hydroxylation sites is 1. The number of halogens is 3. The molecular weight excluding hydrogens is 329 g/mol. The molecule has 1 aliphatic heterocycles. The van der Waals surface area contributed by atoms with Crippen LogP contribution < -0.4 is 10.2 Å². The number of hydrogen-bond acceptors (Lipinski definition) is 4. The van der Waals surface area contributed by atoms with E-state index in [0.717, 1.165) is 31.3 Å². The number of nitrogens with zero attached hydrogens (tertiary/aromatic N) is 3. The van der Waals surface area contributed by atoms with Crippen molar-refractivity contribution in [3.05, 3.63) is 41.6 Å². The maximum Gasteiger partial charge on any atom is 0.418 e. The number of benzene rings is 1. The molecule has 0 saturated carbocycles. The van der Waals surface area contributed by atoms with Crippen molar-refractivity contribution in [3.8, 4) is 0 Å². The summed E-state index contributed by atoms with van der Waals surface area (Å²) in [6.45, 7) is 5.73. The molecule has 1 saturated heterocycles. The van der Waals surface area contributed by atoms with Gasteiger partial charge in [0.2, 0.25) is 5.95 Å². The van der Waals surface area contributed by atoms with Crippen LogP contribution in [0, 0.1) is 12.8 Å². The fourth-order valence-corrected chi connectivity index (χ4v) is 3.11. The van der Waals surface area contributed by atoms with E-state index in [1.807, 2.05) is 6.92 Å². The predicted octanol–water partition coefficient (Wildman–Crippen LogP) is 4.78. The lowest BCUT2D eigenvalue weighted by molar-refractivity contribution is -0.136. The minimum absolute atomic E-state index is 0.00828. The van der Waals surface area contributed by atoms with Gasteiger partial charge in [-0.25, -0.2) is 4.98 Å². The summed E-state index contributed by atoms with van der Waals surface area (Å²) in [5.74, 6) is 1.50. The zero-order chi connectivity index (χ0) is 18.0. The number of aromatic nitrogens is 2. The van der Waals surface area contributed by atoms with Crippen molar-refractivity contribution >= 4 is 17.5 Å². The Hall–Kier alpha value is -2.31. The zero-order valence-electron chi connectivity index (χ0n) is 14.3. The van der Waals surface area contributed by atoms with Gasteiger partial charge in [0.15, 0.2) is 0 Å². The molecule has 4 nitrogen and oxygen atoms in total. The molecule has 0 radical (unpaired) electrons. The van der Waals surface area contributed by atoms with Crippen LogP contribution in [0.5, 0.6) is 0 Å². The Morgan fingerprint density at radius 3 is 2.68 bits per heavy atom. The maximum absolute atomic E-state index is 13.2. The molecule has 0 spiro atoms. The van der Waals surface area contributed by atoms with Crippen LogP contribution in [0.25, 0.3) is 0 Å². The Bertz CT molecular complexity index is 745. The molecule has 3 rings (SSSR count). The van der Waals surface area contributed by atoms with E-state index >= 15 is 0 Å². The summed E-state index contributed by atoms with van der Waals surface area (Å²) >= 11 is 0. The van der Waals surface area contributed by atoms with Crippen LogP contribution in [0.3, 0.4) is 0 Å². The molecule has 0 amide bonds. The van der Waals surface area contributed by atoms with Crippen molar-refractivity contribution < 1.29 is 13.2 Å². The standard InChI is InChI=1S/C18H21F3N4/c1-12-6-5-9-25(11-12)17-22-13(2)10-16(24-17)23-15-8-4-3-7-14(15)18(19,20)21/h3-4,7-8,10,12H,5-6,9,11H2,1-2H3,(H,22,23,24). The number of rotatable bonds is 3. The lowest BCUT2D eigenvalue weighted by Crippen LogP contribution is -2.35. The van der Waals surface area contributed by atoms with Crippen LogP contribution >= 0.6 is 0 Å². The van der Waals surface area contributed by atoms with Gasteiger partial charge in [-0.3, -0.25) is 0 Å². The van der Waals surface area contributed by atoms with Crippen molar-refractivity contribution in [1.29, 1.82) is 0 Å². The van der Waals surface area contributed by atoms with E-state index in [2.05, 4.69) is 27.1 Å². The Labute approximate surface area is 145 Å². The first-order chi connectivity index (χ1) is 11.8. The zero-order valence-corrected chi connectivity index (χ0v) is 14.3. The molecule has 0 bridgehead atoms. The smallest absolute Gasteiger partial charge is 0.340 e. The molecule has 25 heavy (non-hydrogen) atoms. The van der Waals surface area contributed by atoms with Gasteiger partial charge in [0.25, 0.3) is 0 Å². The summed E-state index contributed by atoms with van der Waals surface area (Å²) in [6.07, 6.45) is -2.18. The monoisotopic (exact) mass is 350 g/mol. The topological polar surface area (TPSA) is 41.1 Å². The molecule has 2 aromatic rings. The number of anilines is 3. The number of nitrogens with one attached hydrogen (secondary N) is 1. The van der Waals surface area contributed by atoms with Gasteiger partial charge in [-0.2, -0.15) is 18.2 Å². The molecular formula is C18H21F3N4. The summed E-state index contributed by atoms with van der Waals surface area (Å²) in [4.78, 5) is 11.0. The Kier molecular flexibility index (Phi) is 4.83. The van der Waals surface area contributed by atoms with Gasteiger partial charge in [0.05, 0.1) is 11.3 Å². The summed E-state index contributed by atoms with van der Waals surface area (Å²) in [7, 11) is 0. The average Bonchev–Trinajstić information content (AvgIpc) is 2.54. The van der Waals surface area contributed by atoms with Crippen LogP contribution in [0.2, 0.25) is 0 Å². The molecule has 0 aliphatic carbocycles. The largest absolute Gasteiger partial charge is 0.418 e. The van der Waals surface area contributed by atoms with Gasteiger partial charge < -0.3 is 10.2 Å². The summed E-state index contributed by atoms with van der Waals surface area (Å²) < 4.78 is 39.5. The van der Waals surface area contributed by atoms with Crippen LogP contribution in [0.4, 0.5) is 30.6 Å². The normalized spacial score (nSPS) is 18.3. The van der Waals surface area contributed by atoms with Crippen LogP contribution in [0.1, 0.15) is 31.0 Å². The number of aryl methyl sites for hydroxylation is 1. The van der Waals surface area contributed by atoms with Gasteiger partial charge in [0.1, 0.15) is 5.82 Å². The highest BCUT2D eigenvalue weighted by molar-refractivity contribution is 5.62. The molecule has 2 heterocycles. The third kappa shape index (κ3) is 4.21. The number of piperidine rings is 1. The van der Waals surface area contributed by atoms with E-state index in [9.17, 15) is 13.2 Å². The highest BCUT2D eigenvalue weighted by Crippen LogP contribution is 2.35. The number of hydrogen-bond donors (Lipinski definition) is 1. The maximum atomic E-state index is 13.2. The second-order valence-corrected chi connectivity index (χ2v) is 6.56. The lowest BCUT2D eigenvalue weighted by atomic mass is 10.0. The van der Waals surface area contributed by atoms with Gasteiger partial charge in [0, 0.05) is 24.8 Å². The first kappa shape index (κ1) is 17.5. The second kappa shape index (κ2) is 6.90. The third-order valence-corrected chi connectivity index (χ3v) is 4.28. The second-order valence-electron chi connectivity index (χ2n) is 6.56. The molecule has 1 aromatic heterocycles. The van der Waals surface area contributed by atoms with Gasteiger partial charge >= 0.3 is 6.18 Å². The van der Waals surface area contributed by atoms with E-state index in [-0.39, 0.29) is 5.69 Å². The number of alkyl halides is 3. The van der Waals surface area contributed by atoms with Crippen LogP contribution in [-0.4, -0.2) is 23.1 Å². The van der Waals surface area contributed by atoms with E-state index < -0.39 is 11.7 Å². The molecule has 1 aliphatic rings. The van der Waals surface area contributed by atoms with E-state index in [1.54, 1.807) is 12.1 Å². The van der Waals surface area contributed by atoms with Gasteiger partial charge in [-0.05, 0) is 37.8 Å². The van der Waals surface area contributed by atoms with Gasteiger partial charge in [-0.15, -0.1) is 0 Å². The highest BCUT2D eigenvalue weighted by Gasteiger charge is 2.33. The third-order valence-electron chi connectivity index (χ3n) is 4.28. The highest BCUT2D eigenvalue weighted by atomic mass is 19.4. The quantitative estimate of drug-likeness (QED) is 0.865. The Morgan fingerprint density at radius 2 is 1.96 bits per heavy atom. The fraction of sp³-hybridized carbons (Fsp3) is 0.444. The summed E-state index contributed by atoms with van der Waals surface area (Å²) in [5.41, 5.74) is 0.000638. The van der Waals surface area contributed by atoms with Crippen molar-refractivity contribution in [1.82, 2.24) is 9.97 Å². The first-order valence-corrected chi connectivity index (χ1v) is 8.37. The van der Waals surface area contributed by atoms with Crippen molar-refractivity contribution in [2.45, 2.75) is 32.9 Å². The Balaban J connectivity index is 1.89. The minimum Gasteiger partial charge on any atom is -0.340 e. The Morgan fingerprint density at radius 1 is 1.20 bits per heavy atom. The van der Waals surface area contributed by atoms with Crippen molar-refractivity contribution in [2.75, 3.05) is 23.3 Å². The molecule has 1 fully saturated rings. The van der Waals surface area contributed by atoms with Crippen LogP contribution in [-0.2, 0) is 6.18 Å². The first-order valence-electron chi connectivity index (χ1n) is 8.37. The minimum atomic E-state index is -4.42. The van der Waals surface area contributed by atoms with E-state index in [4.69, 9.17) is 0 Å². The molecule has 1 aromatic carbocycles.